The minimum atomic E-state index is -2.52. The van der Waals surface area contributed by atoms with Crippen LogP contribution in [0.15, 0.2) is 18.2 Å². The van der Waals surface area contributed by atoms with Gasteiger partial charge in [-0.3, -0.25) is 0 Å². The third-order valence-corrected chi connectivity index (χ3v) is 1.61. The summed E-state index contributed by atoms with van der Waals surface area (Å²) in [4.78, 5) is 10.1. The van der Waals surface area contributed by atoms with Gasteiger partial charge >= 0.3 is 12.3 Å². The highest BCUT2D eigenvalue weighted by atomic mass is 35.5. The largest absolute Gasteiger partial charge is 0.476 e. The van der Waals surface area contributed by atoms with Gasteiger partial charge in [-0.25, -0.2) is 9.18 Å². The second-order valence-corrected chi connectivity index (χ2v) is 2.75. The number of rotatable bonds is 3. The van der Waals surface area contributed by atoms with Crippen molar-refractivity contribution >= 4 is 17.6 Å². The van der Waals surface area contributed by atoms with E-state index in [0.29, 0.717) is 0 Å². The van der Waals surface area contributed by atoms with Gasteiger partial charge in [0.1, 0.15) is 11.6 Å². The van der Waals surface area contributed by atoms with Crippen molar-refractivity contribution in [2.45, 2.75) is 6.36 Å². The van der Waals surface area contributed by atoms with Crippen LogP contribution in [0.2, 0.25) is 5.02 Å². The van der Waals surface area contributed by atoms with Gasteiger partial charge < -0.3 is 9.84 Å². The molecule has 14 heavy (non-hydrogen) atoms. The lowest BCUT2D eigenvalue weighted by Crippen LogP contribution is -2.21. The highest BCUT2D eigenvalue weighted by Crippen LogP contribution is 2.25. The number of carboxylic acids is 1. The molecule has 0 heterocycles. The van der Waals surface area contributed by atoms with E-state index in [0.717, 1.165) is 18.2 Å². The summed E-state index contributed by atoms with van der Waals surface area (Å²) in [5, 5.41) is 7.99. The molecule has 0 amide bonds. The molecule has 0 bridgehead atoms. The smallest absolute Gasteiger partial charge is 0.378 e. The van der Waals surface area contributed by atoms with Crippen molar-refractivity contribution in [1.82, 2.24) is 0 Å². The zero-order valence-corrected chi connectivity index (χ0v) is 7.46. The standard InChI is InChI=1S/C8H5ClF2O3/c9-5-3-4(10)1-2-6(5)14-7(11)8(12)13/h1-3,7H,(H,12,13). The Balaban J connectivity index is 2.82. The van der Waals surface area contributed by atoms with Gasteiger partial charge in [0, 0.05) is 0 Å². The van der Waals surface area contributed by atoms with Crippen molar-refractivity contribution in [3.8, 4) is 5.75 Å². The van der Waals surface area contributed by atoms with E-state index in [1.807, 2.05) is 0 Å². The van der Waals surface area contributed by atoms with E-state index < -0.39 is 18.1 Å². The molecule has 0 fully saturated rings. The first-order valence-corrected chi connectivity index (χ1v) is 3.87. The molecule has 0 spiro atoms. The highest BCUT2D eigenvalue weighted by molar-refractivity contribution is 6.32. The van der Waals surface area contributed by atoms with Crippen LogP contribution in [0, 0.1) is 5.82 Å². The van der Waals surface area contributed by atoms with Gasteiger partial charge in [-0.05, 0) is 18.2 Å². The molecule has 0 aliphatic carbocycles. The monoisotopic (exact) mass is 222 g/mol. The van der Waals surface area contributed by atoms with Crippen LogP contribution >= 0.6 is 11.6 Å². The molecule has 1 N–H and O–H groups in total. The lowest BCUT2D eigenvalue weighted by atomic mass is 10.3. The third kappa shape index (κ3) is 2.56. The van der Waals surface area contributed by atoms with Gasteiger partial charge in [0.05, 0.1) is 5.02 Å². The van der Waals surface area contributed by atoms with Crippen molar-refractivity contribution in [2.24, 2.45) is 0 Å². The van der Waals surface area contributed by atoms with Crippen LogP contribution in [0.25, 0.3) is 0 Å². The minimum Gasteiger partial charge on any atom is -0.476 e. The highest BCUT2D eigenvalue weighted by Gasteiger charge is 2.18. The zero-order chi connectivity index (χ0) is 10.7. The Hall–Kier alpha value is -1.36. The second kappa shape index (κ2) is 4.23. The predicted molar refractivity (Wildman–Crippen MR) is 44.6 cm³/mol. The molecule has 1 atom stereocenters. The molecule has 1 unspecified atom stereocenters. The van der Waals surface area contributed by atoms with Crippen molar-refractivity contribution < 1.29 is 23.4 Å². The summed E-state index contributed by atoms with van der Waals surface area (Å²) in [5.74, 6) is -2.61. The van der Waals surface area contributed by atoms with E-state index in [2.05, 4.69) is 4.74 Å². The number of hydrogen-bond donors (Lipinski definition) is 1. The fourth-order valence-corrected chi connectivity index (χ4v) is 0.944. The lowest BCUT2D eigenvalue weighted by Gasteiger charge is -2.08. The van der Waals surface area contributed by atoms with Crippen LogP contribution in [-0.2, 0) is 4.79 Å². The van der Waals surface area contributed by atoms with Gasteiger partial charge in [0.2, 0.25) is 0 Å². The van der Waals surface area contributed by atoms with Crippen molar-refractivity contribution in [2.75, 3.05) is 0 Å². The lowest BCUT2D eigenvalue weighted by molar-refractivity contribution is -0.153. The first-order valence-electron chi connectivity index (χ1n) is 3.49. The minimum absolute atomic E-state index is 0.186. The van der Waals surface area contributed by atoms with E-state index in [4.69, 9.17) is 16.7 Å². The third-order valence-electron chi connectivity index (χ3n) is 1.32. The molecule has 0 saturated carbocycles. The molecule has 0 aromatic heterocycles. The summed E-state index contributed by atoms with van der Waals surface area (Å²) in [6, 6.07) is 2.93. The summed E-state index contributed by atoms with van der Waals surface area (Å²) >= 11 is 5.45. The van der Waals surface area contributed by atoms with Crippen LogP contribution in [-0.4, -0.2) is 17.4 Å². The van der Waals surface area contributed by atoms with Crippen LogP contribution in [0.4, 0.5) is 8.78 Å². The van der Waals surface area contributed by atoms with Crippen LogP contribution in [0.1, 0.15) is 0 Å². The fourth-order valence-electron chi connectivity index (χ4n) is 0.733. The quantitative estimate of drug-likeness (QED) is 0.853. The summed E-state index contributed by atoms with van der Waals surface area (Å²) in [7, 11) is 0. The van der Waals surface area contributed by atoms with Crippen molar-refractivity contribution in [1.29, 1.82) is 0 Å². The topological polar surface area (TPSA) is 46.5 Å². The molecular formula is C8H5ClF2O3. The van der Waals surface area contributed by atoms with Crippen molar-refractivity contribution in [3.63, 3.8) is 0 Å². The average Bonchev–Trinajstić information content (AvgIpc) is 2.09. The van der Waals surface area contributed by atoms with Gasteiger partial charge in [-0.2, -0.15) is 4.39 Å². The number of ether oxygens (including phenoxy) is 1. The Morgan fingerprint density at radius 3 is 2.71 bits per heavy atom. The maximum Gasteiger partial charge on any atom is 0.378 e. The Labute approximate surface area is 82.9 Å². The van der Waals surface area contributed by atoms with E-state index in [1.54, 1.807) is 0 Å². The fraction of sp³-hybridized carbons (Fsp3) is 0.125. The summed E-state index contributed by atoms with van der Waals surface area (Å²) in [5.41, 5.74) is 0. The Bertz CT molecular complexity index is 356. The molecule has 6 heteroatoms. The summed E-state index contributed by atoms with van der Waals surface area (Å²) < 4.78 is 29.3. The van der Waals surface area contributed by atoms with Gasteiger partial charge in [0.25, 0.3) is 0 Å². The first kappa shape index (κ1) is 10.7. The zero-order valence-electron chi connectivity index (χ0n) is 6.71. The Morgan fingerprint density at radius 2 is 2.21 bits per heavy atom. The second-order valence-electron chi connectivity index (χ2n) is 2.35. The Kier molecular flexibility index (Phi) is 3.24. The molecule has 1 rings (SSSR count). The van der Waals surface area contributed by atoms with E-state index in [1.165, 1.54) is 0 Å². The van der Waals surface area contributed by atoms with E-state index in [9.17, 15) is 13.6 Å². The van der Waals surface area contributed by atoms with Crippen LogP contribution < -0.4 is 4.74 Å². The number of benzene rings is 1. The SMILES string of the molecule is O=C(O)C(F)Oc1ccc(F)cc1Cl. The number of hydrogen-bond acceptors (Lipinski definition) is 2. The number of aliphatic carboxylic acids is 1. The average molecular weight is 223 g/mol. The molecule has 1 aromatic carbocycles. The predicted octanol–water partition coefficient (Wildman–Crippen LogP) is 2.24. The molecule has 3 nitrogen and oxygen atoms in total. The molecular weight excluding hydrogens is 218 g/mol. The maximum absolute atomic E-state index is 12.5. The summed E-state index contributed by atoms with van der Waals surface area (Å²) in [6.45, 7) is 0. The maximum atomic E-state index is 12.5. The van der Waals surface area contributed by atoms with Crippen LogP contribution in [0.3, 0.4) is 0 Å². The number of alkyl halides is 1. The Morgan fingerprint density at radius 1 is 1.57 bits per heavy atom. The molecule has 76 valence electrons. The number of carboxylic acid groups (broad SMARTS) is 1. The van der Waals surface area contributed by atoms with Gasteiger partial charge in [-0.15, -0.1) is 0 Å². The van der Waals surface area contributed by atoms with Gasteiger partial charge in [0.15, 0.2) is 0 Å². The molecule has 1 aromatic rings. The molecule has 0 saturated heterocycles. The van der Waals surface area contributed by atoms with Crippen molar-refractivity contribution in [3.05, 3.63) is 29.0 Å². The molecule has 0 aliphatic rings. The number of carbonyl (C=O) groups is 1. The summed E-state index contributed by atoms with van der Waals surface area (Å²) in [6.07, 6.45) is -2.52. The normalized spacial score (nSPS) is 12.2. The first-order chi connectivity index (χ1) is 6.50. The molecule has 0 aliphatic heterocycles. The molecule has 0 radical (unpaired) electrons. The van der Waals surface area contributed by atoms with E-state index in [-0.39, 0.29) is 10.8 Å². The van der Waals surface area contributed by atoms with Crippen LogP contribution in [0.5, 0.6) is 5.75 Å². The van der Waals surface area contributed by atoms with E-state index >= 15 is 0 Å². The van der Waals surface area contributed by atoms with Gasteiger partial charge in [-0.1, -0.05) is 11.6 Å². The number of halogens is 3.